The van der Waals surface area contributed by atoms with Crippen molar-refractivity contribution in [3.8, 4) is 16.9 Å². The average Bonchev–Trinajstić information content (AvgIpc) is 3.14. The van der Waals surface area contributed by atoms with E-state index in [9.17, 15) is 19.2 Å². The van der Waals surface area contributed by atoms with Crippen LogP contribution in [0.4, 0.5) is 5.69 Å². The van der Waals surface area contributed by atoms with Gasteiger partial charge in [0.05, 0.1) is 12.2 Å². The zero-order valence-corrected chi connectivity index (χ0v) is 18.3. The maximum Gasteiger partial charge on any atom is 0.351 e. The van der Waals surface area contributed by atoms with Crippen LogP contribution in [0.2, 0.25) is 0 Å². The largest absolute Gasteiger partial charge is 0.482 e. The number of benzene rings is 2. The summed E-state index contributed by atoms with van der Waals surface area (Å²) in [6.07, 6.45) is 0.260. The SMILES string of the molecule is C=C(C)N1Cc2c(cccc2-c2ccc3c(c2)OCC(=O)N3C)C1=O.C=C(NC=O)C(=O)O. The number of amides is 3. The molecule has 170 valence electrons. The Morgan fingerprint density at radius 3 is 2.48 bits per heavy atom. The Hall–Kier alpha value is -4.40. The third-order valence-corrected chi connectivity index (χ3v) is 5.28. The van der Waals surface area contributed by atoms with Crippen LogP contribution in [-0.4, -0.2) is 47.9 Å². The molecule has 9 nitrogen and oxygen atoms in total. The summed E-state index contributed by atoms with van der Waals surface area (Å²) >= 11 is 0. The van der Waals surface area contributed by atoms with Crippen molar-refractivity contribution in [2.45, 2.75) is 13.5 Å². The van der Waals surface area contributed by atoms with Crippen LogP contribution in [-0.2, 0) is 20.9 Å². The molecule has 33 heavy (non-hydrogen) atoms. The number of nitrogens with one attached hydrogen (secondary N) is 1. The fourth-order valence-electron chi connectivity index (χ4n) is 3.49. The Labute approximate surface area is 190 Å². The van der Waals surface area contributed by atoms with Gasteiger partial charge < -0.3 is 25.0 Å². The Kier molecular flexibility index (Phi) is 6.62. The van der Waals surface area contributed by atoms with E-state index in [0.717, 1.165) is 28.1 Å². The molecule has 0 atom stereocenters. The molecule has 0 spiro atoms. The van der Waals surface area contributed by atoms with Crippen molar-refractivity contribution in [1.29, 1.82) is 0 Å². The third-order valence-electron chi connectivity index (χ3n) is 5.28. The van der Waals surface area contributed by atoms with Crippen LogP contribution in [0.5, 0.6) is 5.75 Å². The highest BCUT2D eigenvalue weighted by atomic mass is 16.5. The van der Waals surface area contributed by atoms with Crippen LogP contribution < -0.4 is 15.0 Å². The molecule has 2 N–H and O–H groups in total. The monoisotopic (exact) mass is 449 g/mol. The number of aliphatic carboxylic acids is 1. The van der Waals surface area contributed by atoms with Gasteiger partial charge in [-0.2, -0.15) is 0 Å². The summed E-state index contributed by atoms with van der Waals surface area (Å²) in [5.74, 6) is -0.622. The summed E-state index contributed by atoms with van der Waals surface area (Å²) in [6.45, 7) is 9.30. The predicted octanol–water partition coefficient (Wildman–Crippen LogP) is 2.53. The molecule has 4 rings (SSSR count). The predicted molar refractivity (Wildman–Crippen MR) is 121 cm³/mol. The maximum atomic E-state index is 12.5. The summed E-state index contributed by atoms with van der Waals surface area (Å²) < 4.78 is 5.59. The first-order chi connectivity index (χ1) is 15.6. The number of nitrogens with zero attached hydrogens (tertiary/aromatic N) is 2. The van der Waals surface area contributed by atoms with E-state index >= 15 is 0 Å². The standard InChI is InChI=1S/C20H18N2O3.C4H5NO3/c1-12(2)22-10-16-14(5-4-6-15(16)20(22)24)13-7-8-17-18(9-13)25-11-19(23)21(17)3;1-3(4(7)8)5-2-6/h4-9H,1,10-11H2,2-3H3;2H,1H2,(H,5,6)(H,7,8). The minimum atomic E-state index is -1.22. The lowest BCUT2D eigenvalue weighted by Crippen LogP contribution is -2.35. The number of carboxylic acid groups (broad SMARTS) is 1. The number of carboxylic acids is 1. The molecule has 3 amide bonds. The molecule has 2 aromatic carbocycles. The molecule has 2 aliphatic heterocycles. The van der Waals surface area contributed by atoms with E-state index in [1.165, 1.54) is 0 Å². The van der Waals surface area contributed by atoms with Gasteiger partial charge in [0.2, 0.25) is 6.41 Å². The van der Waals surface area contributed by atoms with Crippen molar-refractivity contribution in [3.63, 3.8) is 0 Å². The Bertz CT molecular complexity index is 1190. The quantitative estimate of drug-likeness (QED) is 0.535. The smallest absolute Gasteiger partial charge is 0.351 e. The Balaban J connectivity index is 0.000000331. The van der Waals surface area contributed by atoms with Gasteiger partial charge in [0, 0.05) is 18.3 Å². The number of rotatable bonds is 5. The van der Waals surface area contributed by atoms with E-state index in [2.05, 4.69) is 13.2 Å². The average molecular weight is 449 g/mol. The summed E-state index contributed by atoms with van der Waals surface area (Å²) in [5.41, 5.74) is 4.85. The fourth-order valence-corrected chi connectivity index (χ4v) is 3.49. The molecule has 2 heterocycles. The second kappa shape index (κ2) is 9.39. The van der Waals surface area contributed by atoms with Crippen LogP contribution in [0.1, 0.15) is 22.8 Å². The molecule has 0 unspecified atom stereocenters. The van der Waals surface area contributed by atoms with Crippen LogP contribution in [0.3, 0.4) is 0 Å². The zero-order chi connectivity index (χ0) is 24.3. The second-order valence-corrected chi connectivity index (χ2v) is 7.43. The Morgan fingerprint density at radius 1 is 1.18 bits per heavy atom. The number of allylic oxidation sites excluding steroid dienone is 1. The summed E-state index contributed by atoms with van der Waals surface area (Å²) in [4.78, 5) is 46.8. The number of anilines is 1. The van der Waals surface area contributed by atoms with E-state index in [-0.39, 0.29) is 30.5 Å². The van der Waals surface area contributed by atoms with Crippen molar-refractivity contribution in [2.24, 2.45) is 0 Å². The van der Waals surface area contributed by atoms with E-state index in [4.69, 9.17) is 9.84 Å². The number of carbonyl (C=O) groups is 4. The number of hydrogen-bond acceptors (Lipinski definition) is 5. The summed E-state index contributed by atoms with van der Waals surface area (Å²) in [7, 11) is 1.74. The molecular formula is C24H23N3O6. The van der Waals surface area contributed by atoms with E-state index < -0.39 is 5.97 Å². The Morgan fingerprint density at radius 2 is 1.88 bits per heavy atom. The zero-order valence-electron chi connectivity index (χ0n) is 18.3. The van der Waals surface area contributed by atoms with Gasteiger partial charge >= 0.3 is 5.97 Å². The molecule has 0 bridgehead atoms. The summed E-state index contributed by atoms with van der Waals surface area (Å²) in [6, 6.07) is 11.5. The molecule has 0 saturated heterocycles. The number of hydrogen-bond donors (Lipinski definition) is 2. The van der Waals surface area contributed by atoms with Crippen LogP contribution in [0.25, 0.3) is 11.1 Å². The topological polar surface area (TPSA) is 116 Å². The first kappa shape index (κ1) is 23.3. The van der Waals surface area contributed by atoms with Crippen LogP contribution >= 0.6 is 0 Å². The molecule has 0 fully saturated rings. The van der Waals surface area contributed by atoms with Gasteiger partial charge in [-0.05, 0) is 41.8 Å². The van der Waals surface area contributed by atoms with Gasteiger partial charge in [0.1, 0.15) is 11.4 Å². The highest BCUT2D eigenvalue weighted by Crippen LogP contribution is 2.39. The lowest BCUT2D eigenvalue weighted by molar-refractivity contribution is -0.133. The highest BCUT2D eigenvalue weighted by molar-refractivity contribution is 6.02. The molecule has 0 radical (unpaired) electrons. The maximum absolute atomic E-state index is 12.5. The lowest BCUT2D eigenvalue weighted by atomic mass is 9.96. The first-order valence-electron chi connectivity index (χ1n) is 9.91. The van der Waals surface area contributed by atoms with Gasteiger partial charge in [-0.3, -0.25) is 14.4 Å². The molecule has 0 aromatic heterocycles. The molecule has 2 aliphatic rings. The molecule has 0 saturated carbocycles. The van der Waals surface area contributed by atoms with Crippen molar-refractivity contribution in [2.75, 3.05) is 18.6 Å². The second-order valence-electron chi connectivity index (χ2n) is 7.43. The summed E-state index contributed by atoms with van der Waals surface area (Å²) in [5, 5.41) is 9.86. The third kappa shape index (κ3) is 4.62. The first-order valence-corrected chi connectivity index (χ1v) is 9.91. The minimum absolute atomic E-state index is 0.0103. The molecule has 2 aromatic rings. The van der Waals surface area contributed by atoms with E-state index in [1.54, 1.807) is 16.8 Å². The number of ether oxygens (including phenoxy) is 1. The minimum Gasteiger partial charge on any atom is -0.482 e. The van der Waals surface area contributed by atoms with Crippen LogP contribution in [0, 0.1) is 0 Å². The molecule has 0 aliphatic carbocycles. The molecule has 9 heteroatoms. The lowest BCUT2D eigenvalue weighted by Gasteiger charge is -2.26. The van der Waals surface area contributed by atoms with Gasteiger partial charge in [-0.1, -0.05) is 31.4 Å². The van der Waals surface area contributed by atoms with E-state index in [0.29, 0.717) is 17.9 Å². The number of carbonyl (C=O) groups excluding carboxylic acids is 3. The fraction of sp³-hybridized carbons (Fsp3) is 0.167. The number of fused-ring (bicyclic) bond motifs is 2. The molecular weight excluding hydrogens is 426 g/mol. The van der Waals surface area contributed by atoms with Crippen LogP contribution in [0.15, 0.2) is 61.0 Å². The van der Waals surface area contributed by atoms with Crippen molar-refractivity contribution < 1.29 is 29.0 Å². The van der Waals surface area contributed by atoms with E-state index in [1.807, 2.05) is 48.6 Å². The van der Waals surface area contributed by atoms with Crippen molar-refractivity contribution >= 4 is 29.9 Å². The van der Waals surface area contributed by atoms with Gasteiger partial charge in [0.15, 0.2) is 6.61 Å². The normalized spacial score (nSPS) is 13.8. The van der Waals surface area contributed by atoms with Gasteiger partial charge in [0.25, 0.3) is 11.8 Å². The van der Waals surface area contributed by atoms with Crippen molar-refractivity contribution in [3.05, 3.63) is 72.1 Å². The number of likely N-dealkylation sites (N-methyl/N-ethyl adjacent to an activating group) is 1. The highest BCUT2D eigenvalue weighted by Gasteiger charge is 2.30. The van der Waals surface area contributed by atoms with Gasteiger partial charge in [-0.15, -0.1) is 0 Å². The van der Waals surface area contributed by atoms with Gasteiger partial charge in [-0.25, -0.2) is 4.79 Å². The van der Waals surface area contributed by atoms with Crippen molar-refractivity contribution in [1.82, 2.24) is 10.2 Å².